The van der Waals surface area contributed by atoms with Gasteiger partial charge in [0.2, 0.25) is 5.91 Å². The van der Waals surface area contributed by atoms with Crippen LogP contribution in [0.15, 0.2) is 42.0 Å². The number of ether oxygens (including phenoxy) is 5. The molecule has 49 heavy (non-hydrogen) atoms. The Morgan fingerprint density at radius 3 is 2.39 bits per heavy atom. The van der Waals surface area contributed by atoms with Crippen LogP contribution in [-0.2, 0) is 38.1 Å². The second-order valence-electron chi connectivity index (χ2n) is 13.9. The van der Waals surface area contributed by atoms with Gasteiger partial charge in [0.15, 0.2) is 12.4 Å². The van der Waals surface area contributed by atoms with Gasteiger partial charge in [0.1, 0.15) is 23.9 Å². The summed E-state index contributed by atoms with van der Waals surface area (Å²) in [7, 11) is 0. The average Bonchev–Trinajstić information content (AvgIpc) is 3.97. The predicted octanol–water partition coefficient (Wildman–Crippen LogP) is 4.56. The number of esters is 3. The van der Waals surface area contributed by atoms with Crippen molar-refractivity contribution >= 4 is 29.9 Å². The van der Waals surface area contributed by atoms with E-state index in [-0.39, 0.29) is 42.2 Å². The molecular weight excluding hydrogens is 651 g/mol. The molecule has 3 fully saturated rings. The van der Waals surface area contributed by atoms with Crippen LogP contribution in [0, 0.1) is 11.8 Å². The molecule has 0 bridgehead atoms. The van der Waals surface area contributed by atoms with Gasteiger partial charge in [-0.2, -0.15) is 13.2 Å². The van der Waals surface area contributed by atoms with Gasteiger partial charge in [-0.3, -0.25) is 9.59 Å². The SMILES string of the molecule is CC(C)(C)OC(=O)CCC(CO)NC(=O)C1=CC2OC(C3CC3)(C3CC3)OC2C(OC(=O)c2cccc(C=CC(=O)OCC(F)(F)F)c2)C1. The maximum Gasteiger partial charge on any atom is 0.422 e. The number of carbonyl (C=O) groups excluding carboxylic acids is 4. The number of fused-ring (bicyclic) bond motifs is 1. The van der Waals surface area contributed by atoms with Crippen LogP contribution in [0.4, 0.5) is 13.2 Å². The number of benzene rings is 1. The molecule has 268 valence electrons. The van der Waals surface area contributed by atoms with E-state index in [9.17, 15) is 37.5 Å². The topological polar surface area (TPSA) is 147 Å². The molecule has 5 rings (SSSR count). The Kier molecular flexibility index (Phi) is 10.9. The molecule has 1 aliphatic heterocycles. The molecule has 2 N–H and O–H groups in total. The van der Waals surface area contributed by atoms with Crippen LogP contribution in [0.25, 0.3) is 6.08 Å². The first-order chi connectivity index (χ1) is 23.0. The van der Waals surface area contributed by atoms with E-state index in [4.69, 9.17) is 18.9 Å². The fourth-order valence-corrected chi connectivity index (χ4v) is 6.08. The Labute approximate surface area is 282 Å². The Morgan fingerprint density at radius 2 is 1.78 bits per heavy atom. The number of nitrogens with one attached hydrogen (secondary N) is 1. The first kappa shape index (κ1) is 36.5. The number of hydrogen-bond acceptors (Lipinski definition) is 10. The number of rotatable bonds is 13. The van der Waals surface area contributed by atoms with Crippen LogP contribution in [0.1, 0.15) is 81.6 Å². The highest BCUT2D eigenvalue weighted by Crippen LogP contribution is 2.59. The number of aliphatic hydroxyl groups is 1. The van der Waals surface area contributed by atoms with Crippen LogP contribution in [-0.4, -0.2) is 84.1 Å². The monoisotopic (exact) mass is 693 g/mol. The van der Waals surface area contributed by atoms with E-state index in [0.29, 0.717) is 5.56 Å². The molecule has 4 aliphatic rings. The lowest BCUT2D eigenvalue weighted by molar-refractivity contribution is -0.209. The van der Waals surface area contributed by atoms with E-state index in [2.05, 4.69) is 10.1 Å². The highest BCUT2D eigenvalue weighted by Gasteiger charge is 2.64. The summed E-state index contributed by atoms with van der Waals surface area (Å²) in [5, 5.41) is 12.7. The molecule has 0 spiro atoms. The van der Waals surface area contributed by atoms with Crippen molar-refractivity contribution in [2.75, 3.05) is 13.2 Å². The largest absolute Gasteiger partial charge is 0.460 e. The first-order valence-corrected chi connectivity index (χ1v) is 16.5. The Balaban J connectivity index is 1.28. The minimum absolute atomic E-state index is 0.0115. The summed E-state index contributed by atoms with van der Waals surface area (Å²) in [6.07, 6.45) is 0.656. The highest BCUT2D eigenvalue weighted by molar-refractivity contribution is 5.95. The molecule has 1 aromatic rings. The van der Waals surface area contributed by atoms with E-state index in [1.165, 1.54) is 24.3 Å². The van der Waals surface area contributed by atoms with Crippen LogP contribution in [0.5, 0.6) is 0 Å². The minimum atomic E-state index is -4.66. The van der Waals surface area contributed by atoms with Crippen LogP contribution in [0.3, 0.4) is 0 Å². The quantitative estimate of drug-likeness (QED) is 0.171. The molecule has 4 unspecified atom stereocenters. The highest BCUT2D eigenvalue weighted by atomic mass is 19.4. The molecule has 0 radical (unpaired) electrons. The zero-order valence-electron chi connectivity index (χ0n) is 27.6. The zero-order valence-corrected chi connectivity index (χ0v) is 27.6. The maximum absolute atomic E-state index is 13.5. The van der Waals surface area contributed by atoms with Crippen LogP contribution < -0.4 is 5.32 Å². The molecule has 1 saturated heterocycles. The lowest BCUT2D eigenvalue weighted by Crippen LogP contribution is -2.45. The normalized spacial score (nSPS) is 24.1. The van der Waals surface area contributed by atoms with Crippen molar-refractivity contribution in [3.63, 3.8) is 0 Å². The average molecular weight is 694 g/mol. The summed E-state index contributed by atoms with van der Waals surface area (Å²) in [5.41, 5.74) is 0.0360. The number of aliphatic hydroxyl groups excluding tert-OH is 1. The molecular formula is C35H42F3NO10. The van der Waals surface area contributed by atoms with E-state index >= 15 is 0 Å². The van der Waals surface area contributed by atoms with Crippen molar-refractivity contribution < 1.29 is 61.1 Å². The third-order valence-electron chi connectivity index (χ3n) is 8.55. The van der Waals surface area contributed by atoms with Gasteiger partial charge in [0, 0.05) is 36.3 Å². The molecule has 14 heteroatoms. The summed E-state index contributed by atoms with van der Waals surface area (Å²) >= 11 is 0. The lowest BCUT2D eigenvalue weighted by atomic mass is 9.91. The van der Waals surface area contributed by atoms with Gasteiger partial charge in [-0.1, -0.05) is 12.1 Å². The van der Waals surface area contributed by atoms with Crippen molar-refractivity contribution in [2.45, 2.75) is 108 Å². The third kappa shape index (κ3) is 9.92. The molecule has 4 atom stereocenters. The Bertz CT molecular complexity index is 1460. The summed E-state index contributed by atoms with van der Waals surface area (Å²) in [6, 6.07) is 5.21. The lowest BCUT2D eigenvalue weighted by Gasteiger charge is -2.31. The van der Waals surface area contributed by atoms with E-state index < -0.39 is 78.9 Å². The summed E-state index contributed by atoms with van der Waals surface area (Å²) in [4.78, 5) is 50.9. The number of amides is 1. The zero-order chi connectivity index (χ0) is 35.6. The van der Waals surface area contributed by atoms with E-state index in [1.54, 1.807) is 32.9 Å². The van der Waals surface area contributed by atoms with Crippen LogP contribution >= 0.6 is 0 Å². The number of alkyl halides is 3. The summed E-state index contributed by atoms with van der Waals surface area (Å²) in [5.74, 6) is -3.33. The van der Waals surface area contributed by atoms with Gasteiger partial charge in [-0.25, -0.2) is 9.59 Å². The fourth-order valence-electron chi connectivity index (χ4n) is 6.08. The van der Waals surface area contributed by atoms with Gasteiger partial charge in [-0.05, 0) is 82.7 Å². The molecule has 0 aromatic heterocycles. The Morgan fingerprint density at radius 1 is 1.08 bits per heavy atom. The standard InChI is InChI=1S/C35H42F3NO10/c1-33(2,3)48-29(42)14-12-25(18-40)39-31(43)22-16-26(30-27(17-22)47-35(49-30,23-8-9-23)24-10-11-24)46-32(44)21-6-4-5-20(15-21)7-13-28(41)45-19-34(36,37)38/h4-7,13,15,17,23-27,30,40H,8-12,14,16,18-19H2,1-3H3,(H,39,43). The number of hydrogen-bond donors (Lipinski definition) is 2. The number of halogens is 3. The van der Waals surface area contributed by atoms with Gasteiger partial charge in [0.25, 0.3) is 0 Å². The van der Waals surface area contributed by atoms with Crippen molar-refractivity contribution in [3.05, 3.63) is 53.1 Å². The van der Waals surface area contributed by atoms with Crippen LogP contribution in [0.2, 0.25) is 0 Å². The second kappa shape index (κ2) is 14.6. The van der Waals surface area contributed by atoms with Gasteiger partial charge >= 0.3 is 24.1 Å². The number of carbonyl (C=O) groups is 4. The Hall–Kier alpha value is -3.75. The minimum Gasteiger partial charge on any atom is -0.460 e. The fraction of sp³-hybridized carbons (Fsp3) is 0.600. The van der Waals surface area contributed by atoms with E-state index in [1.807, 2.05) is 0 Å². The molecule has 2 saturated carbocycles. The van der Waals surface area contributed by atoms with Crippen molar-refractivity contribution in [3.8, 4) is 0 Å². The molecule has 11 nitrogen and oxygen atoms in total. The van der Waals surface area contributed by atoms with E-state index in [0.717, 1.165) is 31.8 Å². The second-order valence-corrected chi connectivity index (χ2v) is 13.9. The molecule has 1 heterocycles. The smallest absolute Gasteiger partial charge is 0.422 e. The predicted molar refractivity (Wildman–Crippen MR) is 166 cm³/mol. The summed E-state index contributed by atoms with van der Waals surface area (Å²) in [6.45, 7) is 3.10. The van der Waals surface area contributed by atoms with Crippen molar-refractivity contribution in [1.82, 2.24) is 5.32 Å². The molecule has 1 amide bonds. The van der Waals surface area contributed by atoms with Gasteiger partial charge in [0.05, 0.1) is 18.2 Å². The van der Waals surface area contributed by atoms with Gasteiger partial charge < -0.3 is 34.1 Å². The third-order valence-corrected chi connectivity index (χ3v) is 8.55. The summed E-state index contributed by atoms with van der Waals surface area (Å²) < 4.78 is 65.7. The first-order valence-electron chi connectivity index (χ1n) is 16.5. The van der Waals surface area contributed by atoms with Crippen molar-refractivity contribution in [1.29, 1.82) is 0 Å². The van der Waals surface area contributed by atoms with Gasteiger partial charge in [-0.15, -0.1) is 0 Å². The molecule has 3 aliphatic carbocycles. The maximum atomic E-state index is 13.5. The molecule has 1 aromatic carbocycles. The van der Waals surface area contributed by atoms with Crippen molar-refractivity contribution in [2.24, 2.45) is 11.8 Å².